The fourth-order valence-corrected chi connectivity index (χ4v) is 3.20. The standard InChI is InChI=1S/C20H15FN2O3S/c1-12-2-4-14(5-3-12)18(24)20(26)23-22-19(25)17-11-10-16(27-17)13-6-8-15(21)9-7-13/h2-11H,1H3,(H,22,25)(H,23,26). The molecule has 1 aromatic heterocycles. The Morgan fingerprint density at radius 2 is 1.52 bits per heavy atom. The second-order valence-corrected chi connectivity index (χ2v) is 6.86. The fraction of sp³-hybridized carbons (Fsp3) is 0.0500. The van der Waals surface area contributed by atoms with Gasteiger partial charge in [0.25, 0.3) is 11.7 Å². The number of hydrogen-bond donors (Lipinski definition) is 2. The molecule has 0 saturated carbocycles. The van der Waals surface area contributed by atoms with Crippen molar-refractivity contribution in [3.05, 3.63) is 82.5 Å². The molecule has 0 aliphatic rings. The molecule has 0 aliphatic heterocycles. The minimum Gasteiger partial charge on any atom is -0.283 e. The van der Waals surface area contributed by atoms with Crippen LogP contribution in [0.3, 0.4) is 0 Å². The summed E-state index contributed by atoms with van der Waals surface area (Å²) in [5.41, 5.74) is 6.33. The third-order valence-corrected chi connectivity index (χ3v) is 4.90. The van der Waals surface area contributed by atoms with Crippen molar-refractivity contribution in [2.24, 2.45) is 0 Å². The van der Waals surface area contributed by atoms with E-state index in [1.165, 1.54) is 23.5 Å². The van der Waals surface area contributed by atoms with Gasteiger partial charge in [-0.15, -0.1) is 11.3 Å². The normalized spacial score (nSPS) is 10.3. The third-order valence-electron chi connectivity index (χ3n) is 3.77. The molecule has 5 nitrogen and oxygen atoms in total. The third kappa shape index (κ3) is 4.45. The zero-order valence-corrected chi connectivity index (χ0v) is 15.1. The number of benzene rings is 2. The van der Waals surface area contributed by atoms with E-state index < -0.39 is 17.6 Å². The van der Waals surface area contributed by atoms with Gasteiger partial charge in [-0.3, -0.25) is 25.2 Å². The van der Waals surface area contributed by atoms with Gasteiger partial charge >= 0.3 is 5.91 Å². The molecule has 0 fully saturated rings. The maximum Gasteiger partial charge on any atom is 0.310 e. The van der Waals surface area contributed by atoms with Crippen molar-refractivity contribution < 1.29 is 18.8 Å². The monoisotopic (exact) mass is 382 g/mol. The van der Waals surface area contributed by atoms with Crippen LogP contribution in [-0.4, -0.2) is 17.6 Å². The molecule has 0 unspecified atom stereocenters. The SMILES string of the molecule is Cc1ccc(C(=O)C(=O)NNC(=O)c2ccc(-c3ccc(F)cc3)s2)cc1. The summed E-state index contributed by atoms with van der Waals surface area (Å²) in [5, 5.41) is 0. The van der Waals surface area contributed by atoms with E-state index in [9.17, 15) is 18.8 Å². The van der Waals surface area contributed by atoms with Crippen LogP contribution in [0.1, 0.15) is 25.6 Å². The van der Waals surface area contributed by atoms with Gasteiger partial charge in [0, 0.05) is 10.4 Å². The number of carbonyl (C=O) groups is 3. The van der Waals surface area contributed by atoms with E-state index in [2.05, 4.69) is 10.9 Å². The number of carbonyl (C=O) groups excluding carboxylic acids is 3. The highest BCUT2D eigenvalue weighted by molar-refractivity contribution is 7.17. The van der Waals surface area contributed by atoms with Crippen molar-refractivity contribution in [3.63, 3.8) is 0 Å². The Morgan fingerprint density at radius 3 is 2.19 bits per heavy atom. The molecule has 7 heteroatoms. The number of thiophene rings is 1. The van der Waals surface area contributed by atoms with Gasteiger partial charge in [-0.25, -0.2) is 4.39 Å². The molecule has 27 heavy (non-hydrogen) atoms. The van der Waals surface area contributed by atoms with Gasteiger partial charge < -0.3 is 0 Å². The Kier molecular flexibility index (Phi) is 5.42. The lowest BCUT2D eigenvalue weighted by molar-refractivity contribution is -0.117. The first kappa shape index (κ1) is 18.5. The summed E-state index contributed by atoms with van der Waals surface area (Å²) in [6, 6.07) is 15.8. The molecule has 0 atom stereocenters. The molecule has 1 heterocycles. The van der Waals surface area contributed by atoms with Gasteiger partial charge in [0.15, 0.2) is 0 Å². The Bertz CT molecular complexity index is 995. The van der Waals surface area contributed by atoms with Crippen LogP contribution < -0.4 is 10.9 Å². The smallest absolute Gasteiger partial charge is 0.283 e. The highest BCUT2D eigenvalue weighted by Crippen LogP contribution is 2.28. The molecule has 0 radical (unpaired) electrons. The molecular formula is C20H15FN2O3S. The minimum absolute atomic E-state index is 0.238. The number of hydrogen-bond acceptors (Lipinski definition) is 4. The lowest BCUT2D eigenvalue weighted by atomic mass is 10.1. The van der Waals surface area contributed by atoms with Gasteiger partial charge in [-0.05, 0) is 36.8 Å². The highest BCUT2D eigenvalue weighted by atomic mass is 32.1. The summed E-state index contributed by atoms with van der Waals surface area (Å²) in [5.74, 6) is -2.55. The van der Waals surface area contributed by atoms with E-state index in [4.69, 9.17) is 0 Å². The van der Waals surface area contributed by atoms with Crippen LogP contribution in [0.15, 0.2) is 60.7 Å². The average Bonchev–Trinajstić information content (AvgIpc) is 3.16. The van der Waals surface area contributed by atoms with E-state index in [1.807, 2.05) is 6.92 Å². The highest BCUT2D eigenvalue weighted by Gasteiger charge is 2.17. The van der Waals surface area contributed by atoms with Gasteiger partial charge in [0.2, 0.25) is 0 Å². The lowest BCUT2D eigenvalue weighted by Crippen LogP contribution is -2.44. The number of aryl methyl sites for hydroxylation is 1. The maximum atomic E-state index is 13.0. The molecule has 0 spiro atoms. The van der Waals surface area contributed by atoms with E-state index in [0.29, 0.717) is 4.88 Å². The van der Waals surface area contributed by atoms with E-state index >= 15 is 0 Å². The van der Waals surface area contributed by atoms with Crippen LogP contribution in [0.2, 0.25) is 0 Å². The molecular weight excluding hydrogens is 367 g/mol. The predicted molar refractivity (Wildman–Crippen MR) is 101 cm³/mol. The van der Waals surface area contributed by atoms with Gasteiger partial charge in [0.1, 0.15) is 5.82 Å². The first-order valence-corrected chi connectivity index (χ1v) is 8.83. The molecule has 2 aromatic carbocycles. The second-order valence-electron chi connectivity index (χ2n) is 5.77. The van der Waals surface area contributed by atoms with Crippen LogP contribution >= 0.6 is 11.3 Å². The Labute approximate surface area is 158 Å². The topological polar surface area (TPSA) is 75.3 Å². The van der Waals surface area contributed by atoms with Crippen LogP contribution in [0.5, 0.6) is 0 Å². The van der Waals surface area contributed by atoms with Crippen molar-refractivity contribution >= 4 is 28.9 Å². The number of halogens is 1. The molecule has 0 saturated heterocycles. The zero-order chi connectivity index (χ0) is 19.4. The van der Waals surface area contributed by atoms with Crippen molar-refractivity contribution in [1.82, 2.24) is 10.9 Å². The van der Waals surface area contributed by atoms with E-state index in [0.717, 1.165) is 16.0 Å². The summed E-state index contributed by atoms with van der Waals surface area (Å²) in [6.45, 7) is 1.87. The number of amides is 2. The summed E-state index contributed by atoms with van der Waals surface area (Å²) < 4.78 is 13.0. The van der Waals surface area contributed by atoms with E-state index in [1.54, 1.807) is 48.5 Å². The zero-order valence-electron chi connectivity index (χ0n) is 14.3. The maximum absolute atomic E-state index is 13.0. The minimum atomic E-state index is -0.928. The molecule has 0 aliphatic carbocycles. The molecule has 2 amide bonds. The summed E-state index contributed by atoms with van der Waals surface area (Å²) in [6.07, 6.45) is 0. The average molecular weight is 382 g/mol. The Morgan fingerprint density at radius 1 is 0.852 bits per heavy atom. The van der Waals surface area contributed by atoms with E-state index in [-0.39, 0.29) is 11.4 Å². The van der Waals surface area contributed by atoms with Gasteiger partial charge in [0.05, 0.1) is 4.88 Å². The van der Waals surface area contributed by atoms with Crippen molar-refractivity contribution in [2.75, 3.05) is 0 Å². The number of nitrogens with one attached hydrogen (secondary N) is 2. The largest absolute Gasteiger partial charge is 0.310 e. The summed E-state index contributed by atoms with van der Waals surface area (Å²) in [7, 11) is 0. The second kappa shape index (κ2) is 7.92. The van der Waals surface area contributed by atoms with Gasteiger partial charge in [-0.1, -0.05) is 42.0 Å². The van der Waals surface area contributed by atoms with Crippen molar-refractivity contribution in [2.45, 2.75) is 6.92 Å². The Balaban J connectivity index is 1.60. The lowest BCUT2D eigenvalue weighted by Gasteiger charge is -2.05. The Hall–Kier alpha value is -3.32. The molecule has 3 aromatic rings. The predicted octanol–water partition coefficient (Wildman–Crippen LogP) is 3.51. The van der Waals surface area contributed by atoms with Gasteiger partial charge in [-0.2, -0.15) is 0 Å². The number of Topliss-reactive ketones (excluding diaryl/α,β-unsaturated/α-hetero) is 1. The number of rotatable bonds is 4. The first-order chi connectivity index (χ1) is 12.9. The quantitative estimate of drug-likeness (QED) is 0.412. The number of ketones is 1. The summed E-state index contributed by atoms with van der Waals surface area (Å²) >= 11 is 1.19. The van der Waals surface area contributed by atoms with Crippen LogP contribution in [0.4, 0.5) is 4.39 Å². The number of hydrazine groups is 1. The molecule has 0 bridgehead atoms. The van der Waals surface area contributed by atoms with Crippen molar-refractivity contribution in [1.29, 1.82) is 0 Å². The fourth-order valence-electron chi connectivity index (χ4n) is 2.30. The van der Waals surface area contributed by atoms with Crippen LogP contribution in [-0.2, 0) is 4.79 Å². The molecule has 3 rings (SSSR count). The first-order valence-electron chi connectivity index (χ1n) is 8.01. The molecule has 2 N–H and O–H groups in total. The summed E-state index contributed by atoms with van der Waals surface area (Å²) in [4.78, 5) is 37.2. The van der Waals surface area contributed by atoms with Crippen LogP contribution in [0.25, 0.3) is 10.4 Å². The van der Waals surface area contributed by atoms with Crippen LogP contribution in [0, 0.1) is 12.7 Å². The molecule has 136 valence electrons. The van der Waals surface area contributed by atoms with Crippen molar-refractivity contribution in [3.8, 4) is 10.4 Å².